The molecule has 41 heavy (non-hydrogen) atoms. The third-order valence-electron chi connectivity index (χ3n) is 7.36. The van der Waals surface area contributed by atoms with Crippen molar-refractivity contribution in [3.8, 4) is 0 Å². The number of allylic oxidation sites excluding steroid dienone is 5. The topological polar surface area (TPSA) is 6.48 Å². The van der Waals surface area contributed by atoms with E-state index in [9.17, 15) is 0 Å². The van der Waals surface area contributed by atoms with Gasteiger partial charge >= 0.3 is 0 Å². The lowest BCUT2D eigenvalue weighted by molar-refractivity contribution is 1.18. The predicted molar refractivity (Wildman–Crippen MR) is 175 cm³/mol. The Balaban J connectivity index is 1.30. The van der Waals surface area contributed by atoms with Gasteiger partial charge in [-0.2, -0.15) is 0 Å². The van der Waals surface area contributed by atoms with Crippen LogP contribution in [0.15, 0.2) is 163 Å². The molecule has 0 radical (unpaired) electrons. The number of benzene rings is 5. The Morgan fingerprint density at radius 3 is 1.54 bits per heavy atom. The highest BCUT2D eigenvalue weighted by Crippen LogP contribution is 2.36. The molecule has 1 aliphatic rings. The number of anilines is 5. The molecule has 0 bridgehead atoms. The van der Waals surface area contributed by atoms with Crippen molar-refractivity contribution in [1.29, 1.82) is 0 Å². The van der Waals surface area contributed by atoms with Crippen molar-refractivity contribution in [2.45, 2.75) is 20.3 Å². The van der Waals surface area contributed by atoms with Crippen LogP contribution in [-0.4, -0.2) is 0 Å². The van der Waals surface area contributed by atoms with Gasteiger partial charge in [0.05, 0.1) is 0 Å². The number of hydrogen-bond acceptors (Lipinski definition) is 2. The van der Waals surface area contributed by atoms with E-state index in [0.717, 1.165) is 34.9 Å². The van der Waals surface area contributed by atoms with E-state index < -0.39 is 0 Å². The molecule has 1 aliphatic carbocycles. The molecular weight excluding hydrogens is 496 g/mol. The van der Waals surface area contributed by atoms with Crippen LogP contribution in [0.25, 0.3) is 5.57 Å². The standard InChI is InChI=1S/C39H34N2/c1-30-12-9-20-38(28-30)40(34-15-5-3-6-16-34)36-19-11-14-32(22-25-36)33-23-26-37(27-24-33)41(35-17-7-4-8-18-35)39-21-10-13-31(2)29-39/h3-10,12-29H,11H2,1-2H3. The number of aryl methyl sites for hydroxylation is 2. The highest BCUT2D eigenvalue weighted by atomic mass is 15.1. The molecule has 0 fully saturated rings. The summed E-state index contributed by atoms with van der Waals surface area (Å²) < 4.78 is 0. The van der Waals surface area contributed by atoms with Crippen LogP contribution in [0.4, 0.5) is 28.4 Å². The van der Waals surface area contributed by atoms with E-state index in [4.69, 9.17) is 0 Å². The minimum Gasteiger partial charge on any atom is -0.311 e. The van der Waals surface area contributed by atoms with Gasteiger partial charge in [-0.1, -0.05) is 91.0 Å². The van der Waals surface area contributed by atoms with Gasteiger partial charge in [0, 0.05) is 34.1 Å². The van der Waals surface area contributed by atoms with E-state index in [1.54, 1.807) is 0 Å². The van der Waals surface area contributed by atoms with Gasteiger partial charge in [-0.3, -0.25) is 0 Å². The van der Waals surface area contributed by atoms with E-state index in [1.807, 2.05) is 0 Å². The third kappa shape index (κ3) is 5.92. The van der Waals surface area contributed by atoms with E-state index in [1.165, 1.54) is 28.0 Å². The second kappa shape index (κ2) is 12.0. The lowest BCUT2D eigenvalue weighted by Crippen LogP contribution is -2.15. The smallest absolute Gasteiger partial charge is 0.0464 e. The largest absolute Gasteiger partial charge is 0.311 e. The molecule has 0 aliphatic heterocycles. The maximum absolute atomic E-state index is 2.34. The highest BCUT2D eigenvalue weighted by molar-refractivity contribution is 5.81. The quantitative estimate of drug-likeness (QED) is 0.206. The second-order valence-electron chi connectivity index (χ2n) is 10.4. The minimum atomic E-state index is 0.855. The molecule has 0 aromatic heterocycles. The number of rotatable bonds is 7. The van der Waals surface area contributed by atoms with Crippen LogP contribution < -0.4 is 9.80 Å². The monoisotopic (exact) mass is 530 g/mol. The Morgan fingerprint density at radius 2 is 0.951 bits per heavy atom. The number of nitrogens with zero attached hydrogens (tertiary/aromatic N) is 2. The molecule has 0 saturated heterocycles. The molecule has 0 heterocycles. The first-order chi connectivity index (χ1) is 20.2. The molecule has 6 rings (SSSR count). The van der Waals surface area contributed by atoms with Gasteiger partial charge in [-0.25, -0.2) is 0 Å². The summed E-state index contributed by atoms with van der Waals surface area (Å²) in [5, 5.41) is 0. The average molecular weight is 531 g/mol. The van der Waals surface area contributed by atoms with Crippen molar-refractivity contribution in [2.75, 3.05) is 9.80 Å². The maximum Gasteiger partial charge on any atom is 0.0464 e. The molecule has 5 aromatic carbocycles. The highest BCUT2D eigenvalue weighted by Gasteiger charge is 2.15. The summed E-state index contributed by atoms with van der Waals surface area (Å²) >= 11 is 0. The van der Waals surface area contributed by atoms with Gasteiger partial charge in [0.1, 0.15) is 0 Å². The Kier molecular flexibility index (Phi) is 7.64. The predicted octanol–water partition coefficient (Wildman–Crippen LogP) is 10.8. The van der Waals surface area contributed by atoms with Crippen molar-refractivity contribution < 1.29 is 0 Å². The fourth-order valence-corrected chi connectivity index (χ4v) is 5.38. The van der Waals surface area contributed by atoms with E-state index in [2.05, 4.69) is 181 Å². The molecule has 2 heteroatoms. The fourth-order valence-electron chi connectivity index (χ4n) is 5.38. The van der Waals surface area contributed by atoms with Crippen LogP contribution in [0.5, 0.6) is 0 Å². The maximum atomic E-state index is 2.34. The molecule has 0 spiro atoms. The summed E-state index contributed by atoms with van der Waals surface area (Å²) in [5.41, 5.74) is 11.8. The Labute approximate surface area is 243 Å². The third-order valence-corrected chi connectivity index (χ3v) is 7.36. The minimum absolute atomic E-state index is 0.855. The molecule has 0 unspecified atom stereocenters. The van der Waals surface area contributed by atoms with Crippen LogP contribution in [0.1, 0.15) is 23.1 Å². The van der Waals surface area contributed by atoms with Gasteiger partial charge in [-0.05, 0) is 109 Å². The van der Waals surface area contributed by atoms with Gasteiger partial charge < -0.3 is 9.80 Å². The van der Waals surface area contributed by atoms with E-state index in [-0.39, 0.29) is 0 Å². The SMILES string of the molecule is Cc1cccc(N(C2=CCC=C(c3ccc(N(c4ccccc4)c4cccc(C)c4)cc3)C=C2)c2ccccc2)c1. The summed E-state index contributed by atoms with van der Waals surface area (Å²) in [4.78, 5) is 4.65. The number of hydrogen-bond donors (Lipinski definition) is 0. The summed E-state index contributed by atoms with van der Waals surface area (Å²) in [6.07, 6.45) is 9.96. The zero-order valence-electron chi connectivity index (χ0n) is 23.6. The summed E-state index contributed by atoms with van der Waals surface area (Å²) in [6.45, 7) is 4.28. The molecule has 200 valence electrons. The normalized spacial score (nSPS) is 12.7. The van der Waals surface area contributed by atoms with Crippen LogP contribution in [0.3, 0.4) is 0 Å². The van der Waals surface area contributed by atoms with E-state index >= 15 is 0 Å². The van der Waals surface area contributed by atoms with Gasteiger partial charge in [0.25, 0.3) is 0 Å². The summed E-state index contributed by atoms with van der Waals surface area (Å²) in [7, 11) is 0. The number of para-hydroxylation sites is 2. The molecule has 0 saturated carbocycles. The zero-order chi connectivity index (χ0) is 28.0. The summed E-state index contributed by atoms with van der Waals surface area (Å²) in [5.74, 6) is 0. The van der Waals surface area contributed by atoms with Crippen LogP contribution in [0, 0.1) is 13.8 Å². The Bertz CT molecular complexity index is 1710. The molecular formula is C39H34N2. The molecule has 2 nitrogen and oxygen atoms in total. The summed E-state index contributed by atoms with van der Waals surface area (Å²) in [6, 6.07) is 47.4. The van der Waals surface area contributed by atoms with Gasteiger partial charge in [0.2, 0.25) is 0 Å². The first kappa shape index (κ1) is 26.2. The van der Waals surface area contributed by atoms with Crippen molar-refractivity contribution in [3.63, 3.8) is 0 Å². The fraction of sp³-hybridized carbons (Fsp3) is 0.0769. The lowest BCUT2D eigenvalue weighted by Gasteiger charge is -2.26. The van der Waals surface area contributed by atoms with Crippen molar-refractivity contribution in [2.24, 2.45) is 0 Å². The van der Waals surface area contributed by atoms with Gasteiger partial charge in [-0.15, -0.1) is 0 Å². The average Bonchev–Trinajstić information content (AvgIpc) is 3.25. The lowest BCUT2D eigenvalue weighted by atomic mass is 10.0. The van der Waals surface area contributed by atoms with Gasteiger partial charge in [0.15, 0.2) is 0 Å². The van der Waals surface area contributed by atoms with Crippen LogP contribution >= 0.6 is 0 Å². The first-order valence-electron chi connectivity index (χ1n) is 14.2. The molecule has 0 amide bonds. The first-order valence-corrected chi connectivity index (χ1v) is 14.2. The molecule has 5 aromatic rings. The van der Waals surface area contributed by atoms with Crippen molar-refractivity contribution >= 4 is 34.0 Å². The van der Waals surface area contributed by atoms with Crippen LogP contribution in [0.2, 0.25) is 0 Å². The zero-order valence-corrected chi connectivity index (χ0v) is 23.6. The molecule has 0 atom stereocenters. The Morgan fingerprint density at radius 1 is 0.439 bits per heavy atom. The molecule has 0 N–H and O–H groups in total. The van der Waals surface area contributed by atoms with Crippen LogP contribution in [-0.2, 0) is 0 Å². The second-order valence-corrected chi connectivity index (χ2v) is 10.4. The van der Waals surface area contributed by atoms with Crippen molar-refractivity contribution in [1.82, 2.24) is 0 Å². The Hall–Kier alpha value is -5.08. The van der Waals surface area contributed by atoms with E-state index in [0.29, 0.717) is 0 Å². The van der Waals surface area contributed by atoms with Crippen molar-refractivity contribution in [3.05, 3.63) is 180 Å².